The third-order valence-corrected chi connectivity index (χ3v) is 6.28. The molecule has 10 heteroatoms. The zero-order chi connectivity index (χ0) is 21.5. The summed E-state index contributed by atoms with van der Waals surface area (Å²) in [6.45, 7) is 1.34. The Balaban J connectivity index is 1.35. The minimum absolute atomic E-state index is 0.0131. The second-order valence-corrected chi connectivity index (χ2v) is 8.25. The van der Waals surface area contributed by atoms with Crippen molar-refractivity contribution < 1.29 is 27.5 Å². The summed E-state index contributed by atoms with van der Waals surface area (Å²) in [5.41, 5.74) is 1.77. The highest BCUT2D eigenvalue weighted by Crippen LogP contribution is 2.34. The number of nitrogens with one attached hydrogen (secondary N) is 1. The molecule has 31 heavy (non-hydrogen) atoms. The van der Waals surface area contributed by atoms with E-state index in [0.29, 0.717) is 30.9 Å². The molecule has 2 aromatic rings. The summed E-state index contributed by atoms with van der Waals surface area (Å²) in [6.07, 6.45) is 0.796. The Morgan fingerprint density at radius 2 is 2.00 bits per heavy atom. The molecule has 2 amide bonds. The first-order chi connectivity index (χ1) is 15.0. The number of aromatic nitrogens is 2. The Hall–Kier alpha value is -2.88. The quantitative estimate of drug-likeness (QED) is 0.780. The van der Waals surface area contributed by atoms with Gasteiger partial charge < -0.3 is 19.4 Å². The van der Waals surface area contributed by atoms with Crippen LogP contribution in [0.1, 0.15) is 53.9 Å². The number of nitrogens with zero attached hydrogens (tertiary/aromatic N) is 3. The maximum atomic E-state index is 13.2. The van der Waals surface area contributed by atoms with Crippen LogP contribution in [0.25, 0.3) is 11.5 Å². The Morgan fingerprint density at radius 1 is 1.19 bits per heavy atom. The SMILES string of the molecule is O=C(N[C@@H]1CCCC[C@H]1N1Cc2ccc(-c3nnc(C(F)F)o3)cc2C1=O)C1COC1. The van der Waals surface area contributed by atoms with Crippen molar-refractivity contribution in [3.63, 3.8) is 0 Å². The Kier molecular flexibility index (Phi) is 5.17. The van der Waals surface area contributed by atoms with E-state index in [1.165, 1.54) is 0 Å². The minimum Gasteiger partial charge on any atom is -0.415 e. The van der Waals surface area contributed by atoms with Crippen molar-refractivity contribution >= 4 is 11.8 Å². The molecule has 3 aliphatic rings. The van der Waals surface area contributed by atoms with Gasteiger partial charge in [0.25, 0.3) is 11.8 Å². The van der Waals surface area contributed by atoms with E-state index in [4.69, 9.17) is 9.15 Å². The largest absolute Gasteiger partial charge is 0.415 e. The van der Waals surface area contributed by atoms with Crippen molar-refractivity contribution in [3.05, 3.63) is 35.2 Å². The van der Waals surface area contributed by atoms with Crippen molar-refractivity contribution in [2.45, 2.75) is 50.7 Å². The maximum Gasteiger partial charge on any atom is 0.314 e. The standard InChI is InChI=1S/C21H22F2N4O4/c22-17(23)20-26-25-19(31-20)11-5-6-12-8-27(21(29)14(12)7-11)16-4-2-1-3-15(16)24-18(28)13-9-30-10-13/h5-7,13,15-17H,1-4,8-10H2,(H,24,28)/t15-,16-/m1/s1. The summed E-state index contributed by atoms with van der Waals surface area (Å²) in [5, 5.41) is 10.1. The Morgan fingerprint density at radius 3 is 2.71 bits per heavy atom. The highest BCUT2D eigenvalue weighted by atomic mass is 19.3. The molecule has 1 saturated carbocycles. The number of carbonyl (C=O) groups excluding carboxylic acids is 2. The molecule has 2 atom stereocenters. The third-order valence-electron chi connectivity index (χ3n) is 6.28. The van der Waals surface area contributed by atoms with Gasteiger partial charge in [-0.3, -0.25) is 9.59 Å². The Bertz CT molecular complexity index is 1010. The van der Waals surface area contributed by atoms with Crippen LogP contribution in [0.3, 0.4) is 0 Å². The molecule has 1 saturated heterocycles. The molecule has 1 aromatic heterocycles. The lowest BCUT2D eigenvalue weighted by Crippen LogP contribution is -2.56. The summed E-state index contributed by atoms with van der Waals surface area (Å²) in [7, 11) is 0. The molecule has 164 valence electrons. The maximum absolute atomic E-state index is 13.2. The molecule has 2 fully saturated rings. The lowest BCUT2D eigenvalue weighted by Gasteiger charge is -2.39. The zero-order valence-corrected chi connectivity index (χ0v) is 16.7. The highest BCUT2D eigenvalue weighted by Gasteiger charge is 2.40. The van der Waals surface area contributed by atoms with E-state index in [-0.39, 0.29) is 35.7 Å². The minimum atomic E-state index is -2.85. The van der Waals surface area contributed by atoms with Crippen LogP contribution in [0.5, 0.6) is 0 Å². The number of alkyl halides is 2. The van der Waals surface area contributed by atoms with Gasteiger partial charge in [0.15, 0.2) is 0 Å². The fourth-order valence-corrected chi connectivity index (χ4v) is 4.50. The number of benzene rings is 1. The monoisotopic (exact) mass is 432 g/mol. The predicted octanol–water partition coefficient (Wildman–Crippen LogP) is 2.70. The molecule has 5 rings (SSSR count). The van der Waals surface area contributed by atoms with Gasteiger partial charge in [0.1, 0.15) is 0 Å². The van der Waals surface area contributed by atoms with Crippen LogP contribution in [-0.4, -0.2) is 52.2 Å². The second kappa shape index (κ2) is 7.99. The van der Waals surface area contributed by atoms with Crippen molar-refractivity contribution in [1.82, 2.24) is 20.4 Å². The lowest BCUT2D eigenvalue weighted by atomic mass is 9.88. The van der Waals surface area contributed by atoms with E-state index in [1.54, 1.807) is 18.2 Å². The summed E-state index contributed by atoms with van der Waals surface area (Å²) in [6, 6.07) is 4.91. The normalized spacial score (nSPS) is 23.7. The molecule has 3 heterocycles. The van der Waals surface area contributed by atoms with E-state index < -0.39 is 12.3 Å². The van der Waals surface area contributed by atoms with Crippen molar-refractivity contribution in [2.75, 3.05) is 13.2 Å². The number of halogens is 2. The van der Waals surface area contributed by atoms with Crippen LogP contribution in [0, 0.1) is 5.92 Å². The molecule has 1 aromatic carbocycles. The number of amides is 2. The first kappa shape index (κ1) is 20.0. The number of hydrogen-bond donors (Lipinski definition) is 1. The molecule has 2 aliphatic heterocycles. The first-order valence-corrected chi connectivity index (χ1v) is 10.4. The van der Waals surface area contributed by atoms with Crippen molar-refractivity contribution in [3.8, 4) is 11.5 Å². The van der Waals surface area contributed by atoms with Crippen LogP contribution >= 0.6 is 0 Å². The van der Waals surface area contributed by atoms with Gasteiger partial charge in [0.05, 0.1) is 25.2 Å². The van der Waals surface area contributed by atoms with E-state index in [2.05, 4.69) is 15.5 Å². The number of ether oxygens (including phenoxy) is 1. The van der Waals surface area contributed by atoms with Crippen LogP contribution in [0.2, 0.25) is 0 Å². The topological polar surface area (TPSA) is 97.6 Å². The highest BCUT2D eigenvalue weighted by molar-refractivity contribution is 5.99. The predicted molar refractivity (Wildman–Crippen MR) is 103 cm³/mol. The van der Waals surface area contributed by atoms with Gasteiger partial charge in [0, 0.05) is 23.7 Å². The average Bonchev–Trinajstić information content (AvgIpc) is 3.32. The van der Waals surface area contributed by atoms with Gasteiger partial charge in [-0.05, 0) is 30.5 Å². The number of hydrogen-bond acceptors (Lipinski definition) is 6. The first-order valence-electron chi connectivity index (χ1n) is 10.4. The summed E-state index contributed by atoms with van der Waals surface area (Å²) in [4.78, 5) is 27.5. The lowest BCUT2D eigenvalue weighted by molar-refractivity contribution is -0.140. The van der Waals surface area contributed by atoms with Crippen LogP contribution < -0.4 is 5.32 Å². The molecule has 0 unspecified atom stereocenters. The van der Waals surface area contributed by atoms with Crippen LogP contribution in [0.15, 0.2) is 22.6 Å². The van der Waals surface area contributed by atoms with Gasteiger partial charge in [-0.2, -0.15) is 8.78 Å². The van der Waals surface area contributed by atoms with Crippen LogP contribution in [0.4, 0.5) is 8.78 Å². The Labute approximate surface area is 176 Å². The third kappa shape index (κ3) is 3.69. The fourth-order valence-electron chi connectivity index (χ4n) is 4.50. The second-order valence-electron chi connectivity index (χ2n) is 8.25. The van der Waals surface area contributed by atoms with E-state index in [1.807, 2.05) is 4.90 Å². The van der Waals surface area contributed by atoms with E-state index in [0.717, 1.165) is 31.2 Å². The fraction of sp³-hybridized carbons (Fsp3) is 0.524. The average molecular weight is 432 g/mol. The van der Waals surface area contributed by atoms with Crippen molar-refractivity contribution in [1.29, 1.82) is 0 Å². The molecule has 0 spiro atoms. The zero-order valence-electron chi connectivity index (χ0n) is 16.7. The number of rotatable bonds is 5. The van der Waals surface area contributed by atoms with Crippen LogP contribution in [-0.2, 0) is 16.1 Å². The molecule has 0 bridgehead atoms. The van der Waals surface area contributed by atoms with Crippen molar-refractivity contribution in [2.24, 2.45) is 5.92 Å². The molecule has 1 N–H and O–H groups in total. The molecule has 1 aliphatic carbocycles. The molecular formula is C21H22F2N4O4. The summed E-state index contributed by atoms with van der Waals surface area (Å²) >= 11 is 0. The van der Waals surface area contributed by atoms with Gasteiger partial charge in [-0.25, -0.2) is 0 Å². The molecular weight excluding hydrogens is 410 g/mol. The van der Waals surface area contributed by atoms with Gasteiger partial charge in [-0.1, -0.05) is 18.9 Å². The smallest absolute Gasteiger partial charge is 0.314 e. The van der Waals surface area contributed by atoms with Gasteiger partial charge in [-0.15, -0.1) is 10.2 Å². The summed E-state index contributed by atoms with van der Waals surface area (Å²) < 4.78 is 35.6. The van der Waals surface area contributed by atoms with E-state index >= 15 is 0 Å². The number of fused-ring (bicyclic) bond motifs is 1. The molecule has 0 radical (unpaired) electrons. The van der Waals surface area contributed by atoms with Gasteiger partial charge >= 0.3 is 6.43 Å². The van der Waals surface area contributed by atoms with Gasteiger partial charge in [0.2, 0.25) is 11.8 Å². The van der Waals surface area contributed by atoms with E-state index in [9.17, 15) is 18.4 Å². The summed E-state index contributed by atoms with van der Waals surface area (Å²) in [5.74, 6) is -1.05. The number of carbonyl (C=O) groups is 2. The molecule has 8 nitrogen and oxygen atoms in total.